The molecule has 0 saturated heterocycles. The van der Waals surface area contributed by atoms with Crippen LogP contribution in [0.5, 0.6) is 0 Å². The zero-order valence-corrected chi connectivity index (χ0v) is 21.6. The number of rotatable bonds is 11. The highest BCUT2D eigenvalue weighted by Gasteiger charge is 2.14. The first-order valence-electron chi connectivity index (χ1n) is 12.7. The summed E-state index contributed by atoms with van der Waals surface area (Å²) < 4.78 is 4.25. The fourth-order valence-electron chi connectivity index (χ4n) is 4.48. The molecule has 0 bridgehead atoms. The van der Waals surface area contributed by atoms with Crippen molar-refractivity contribution in [3.63, 3.8) is 0 Å². The van der Waals surface area contributed by atoms with Crippen LogP contribution < -0.4 is 16.3 Å². The van der Waals surface area contributed by atoms with E-state index in [0.29, 0.717) is 0 Å². The summed E-state index contributed by atoms with van der Waals surface area (Å²) in [7, 11) is 0. The van der Waals surface area contributed by atoms with E-state index in [4.69, 9.17) is 5.73 Å². The second-order valence-corrected chi connectivity index (χ2v) is 9.40. The van der Waals surface area contributed by atoms with Crippen molar-refractivity contribution < 1.29 is 0 Å². The van der Waals surface area contributed by atoms with Gasteiger partial charge >= 0.3 is 0 Å². The summed E-state index contributed by atoms with van der Waals surface area (Å²) in [5.74, 6) is 2.02. The van der Waals surface area contributed by atoms with Crippen LogP contribution in [0.25, 0.3) is 12.7 Å². The Morgan fingerprint density at radius 3 is 2.75 bits per heavy atom. The number of benzene rings is 1. The van der Waals surface area contributed by atoms with Gasteiger partial charge in [-0.05, 0) is 51.2 Å². The van der Waals surface area contributed by atoms with Gasteiger partial charge in [-0.1, -0.05) is 54.6 Å². The fraction of sp³-hybridized carbons (Fsp3) is 0.345. The number of nitrogens with one attached hydrogen (secondary N) is 1. The first kappa shape index (κ1) is 25.4. The lowest BCUT2D eigenvalue weighted by atomic mass is 10.1. The molecule has 0 aliphatic rings. The van der Waals surface area contributed by atoms with E-state index in [9.17, 15) is 0 Å². The molecule has 7 nitrogen and oxygen atoms in total. The van der Waals surface area contributed by atoms with Crippen LogP contribution in [0.4, 0.5) is 0 Å². The molecule has 3 aromatic heterocycles. The minimum atomic E-state index is -0.0705. The smallest absolute Gasteiger partial charge is 0.137 e. The van der Waals surface area contributed by atoms with Crippen molar-refractivity contribution in [2.45, 2.75) is 65.6 Å². The minimum absolute atomic E-state index is 0.0705. The van der Waals surface area contributed by atoms with E-state index >= 15 is 0 Å². The van der Waals surface area contributed by atoms with E-state index in [2.05, 4.69) is 80.8 Å². The molecule has 1 atom stereocenters. The lowest BCUT2D eigenvalue weighted by molar-refractivity contribution is 0.568. The zero-order valence-electron chi connectivity index (χ0n) is 21.6. The number of imidazole rings is 1. The molecule has 0 spiro atoms. The van der Waals surface area contributed by atoms with Crippen LogP contribution in [-0.2, 0) is 32.2 Å². The van der Waals surface area contributed by atoms with Crippen molar-refractivity contribution in [1.29, 1.82) is 0 Å². The van der Waals surface area contributed by atoms with Crippen LogP contribution in [-0.4, -0.2) is 29.3 Å². The van der Waals surface area contributed by atoms with Gasteiger partial charge in [0.2, 0.25) is 0 Å². The maximum Gasteiger partial charge on any atom is 0.137 e. The average molecular weight is 484 g/mol. The molecule has 1 unspecified atom stereocenters. The van der Waals surface area contributed by atoms with Gasteiger partial charge in [0, 0.05) is 42.3 Å². The Balaban J connectivity index is 1.53. The van der Waals surface area contributed by atoms with Gasteiger partial charge in [-0.25, -0.2) is 4.98 Å². The quantitative estimate of drug-likeness (QED) is 0.342. The molecule has 3 N–H and O–H groups in total. The number of allylic oxidation sites excluding steroid dienone is 2. The van der Waals surface area contributed by atoms with E-state index in [0.717, 1.165) is 66.6 Å². The predicted octanol–water partition coefficient (Wildman–Crippen LogP) is 3.36. The van der Waals surface area contributed by atoms with Crippen LogP contribution in [0.15, 0.2) is 55.1 Å². The number of nitrogens with two attached hydrogens (primary N) is 1. The number of hydrogen-bond acceptors (Lipinski definition) is 4. The van der Waals surface area contributed by atoms with Gasteiger partial charge in [-0.2, -0.15) is 0 Å². The standard InChI is InChI=1S/C29H37N7/c1-5-6-12-27-22(3)31-18-25(27)13-14-28-33-34-29(17-24-10-7-9-21(2)16-24)36(28)15-8-11-26-19-35(20-32-26)23(4)30/h5-7,9-10,12,16,18-20,23,31H,3,8,11,13-15,17,30H2,1-2,4H3/b6-5-,27-12+. The summed E-state index contributed by atoms with van der Waals surface area (Å²) in [6, 6.07) is 8.60. The Morgan fingerprint density at radius 1 is 1.17 bits per heavy atom. The van der Waals surface area contributed by atoms with Gasteiger partial charge in [0.25, 0.3) is 0 Å². The van der Waals surface area contributed by atoms with E-state index in [-0.39, 0.29) is 6.17 Å². The first-order valence-corrected chi connectivity index (χ1v) is 12.7. The van der Waals surface area contributed by atoms with Crippen LogP contribution in [0.3, 0.4) is 0 Å². The molecule has 0 amide bonds. The molecule has 3 heterocycles. The maximum absolute atomic E-state index is 5.97. The third kappa shape index (κ3) is 6.29. The highest BCUT2D eigenvalue weighted by Crippen LogP contribution is 2.14. The third-order valence-electron chi connectivity index (χ3n) is 6.45. The largest absolute Gasteiger partial charge is 0.361 e. The third-order valence-corrected chi connectivity index (χ3v) is 6.45. The molecular weight excluding hydrogens is 446 g/mol. The molecule has 0 aliphatic carbocycles. The average Bonchev–Trinajstić information content (AvgIpc) is 3.56. The molecule has 0 fully saturated rings. The van der Waals surface area contributed by atoms with Crippen molar-refractivity contribution in [1.82, 2.24) is 29.3 Å². The first-order chi connectivity index (χ1) is 17.4. The molecule has 188 valence electrons. The normalized spacial score (nSPS) is 13.2. The van der Waals surface area contributed by atoms with E-state index in [1.165, 1.54) is 16.7 Å². The monoisotopic (exact) mass is 483 g/mol. The molecule has 36 heavy (non-hydrogen) atoms. The van der Waals surface area contributed by atoms with E-state index < -0.39 is 0 Å². The van der Waals surface area contributed by atoms with Gasteiger partial charge in [-0.15, -0.1) is 10.2 Å². The molecule has 1 aromatic carbocycles. The number of aromatic nitrogens is 6. The van der Waals surface area contributed by atoms with Crippen LogP contribution in [0.1, 0.15) is 60.5 Å². The van der Waals surface area contributed by atoms with Crippen molar-refractivity contribution in [3.8, 4) is 0 Å². The maximum atomic E-state index is 5.97. The van der Waals surface area contributed by atoms with Crippen molar-refractivity contribution in [2.75, 3.05) is 0 Å². The second kappa shape index (κ2) is 11.8. The highest BCUT2D eigenvalue weighted by molar-refractivity contribution is 5.40. The summed E-state index contributed by atoms with van der Waals surface area (Å²) in [4.78, 5) is 7.78. The SMILES string of the molecule is C=c1[nH]cc(CCc2nnc(Cc3cccc(C)c3)n2CCCc2cn(C(C)N)cn2)/c1=C/C=C\C. The van der Waals surface area contributed by atoms with Crippen molar-refractivity contribution in [2.24, 2.45) is 5.73 Å². The molecule has 0 saturated carbocycles. The van der Waals surface area contributed by atoms with Gasteiger partial charge in [0.15, 0.2) is 0 Å². The lowest BCUT2D eigenvalue weighted by Gasteiger charge is -2.11. The van der Waals surface area contributed by atoms with Crippen LogP contribution in [0, 0.1) is 6.92 Å². The Morgan fingerprint density at radius 2 is 2.00 bits per heavy atom. The van der Waals surface area contributed by atoms with E-state index in [1.54, 1.807) is 0 Å². The van der Waals surface area contributed by atoms with Gasteiger partial charge < -0.3 is 19.9 Å². The fourth-order valence-corrected chi connectivity index (χ4v) is 4.48. The summed E-state index contributed by atoms with van der Waals surface area (Å²) >= 11 is 0. The Bertz CT molecular complexity index is 1420. The number of H-pyrrole nitrogens is 1. The number of aromatic amines is 1. The summed E-state index contributed by atoms with van der Waals surface area (Å²) in [5.41, 5.74) is 10.8. The number of nitrogens with zero attached hydrogens (tertiary/aromatic N) is 5. The highest BCUT2D eigenvalue weighted by atomic mass is 15.3. The van der Waals surface area contributed by atoms with Crippen LogP contribution >= 0.6 is 0 Å². The van der Waals surface area contributed by atoms with E-state index in [1.807, 2.05) is 37.0 Å². The Kier molecular flexibility index (Phi) is 8.33. The molecule has 4 rings (SSSR count). The molecule has 4 aromatic rings. The van der Waals surface area contributed by atoms with Gasteiger partial charge in [0.1, 0.15) is 11.6 Å². The van der Waals surface area contributed by atoms with Crippen LogP contribution in [0.2, 0.25) is 0 Å². The predicted molar refractivity (Wildman–Crippen MR) is 146 cm³/mol. The number of hydrogen-bond donors (Lipinski definition) is 2. The Hall–Kier alpha value is -3.71. The van der Waals surface area contributed by atoms with Gasteiger partial charge in [0.05, 0.1) is 18.2 Å². The van der Waals surface area contributed by atoms with Crippen molar-refractivity contribution in [3.05, 3.63) is 99.7 Å². The van der Waals surface area contributed by atoms with Crippen molar-refractivity contribution >= 4 is 12.7 Å². The second-order valence-electron chi connectivity index (χ2n) is 9.40. The summed E-state index contributed by atoms with van der Waals surface area (Å²) in [6.07, 6.45) is 16.3. The molecule has 0 radical (unpaired) electrons. The van der Waals surface area contributed by atoms with Gasteiger partial charge in [-0.3, -0.25) is 0 Å². The summed E-state index contributed by atoms with van der Waals surface area (Å²) in [5, 5.41) is 11.3. The molecule has 0 aliphatic heterocycles. The topological polar surface area (TPSA) is 90.3 Å². The lowest BCUT2D eigenvalue weighted by Crippen LogP contribution is -2.23. The zero-order chi connectivity index (χ0) is 25.5. The number of aryl methyl sites for hydroxylation is 4. The molecular formula is C29H37N7. The minimum Gasteiger partial charge on any atom is -0.361 e. The summed E-state index contributed by atoms with van der Waals surface area (Å²) in [6.45, 7) is 11.1. The molecule has 7 heteroatoms. The Labute approximate surface area is 213 Å².